The minimum absolute atomic E-state index is 0.226. The van der Waals surface area contributed by atoms with Crippen LogP contribution >= 0.6 is 22.9 Å². The maximum atomic E-state index is 12.6. The quantitative estimate of drug-likeness (QED) is 0.645. The molecular formula is C20H17ClN6O2S. The van der Waals surface area contributed by atoms with Crippen molar-refractivity contribution in [2.75, 3.05) is 17.2 Å². The van der Waals surface area contributed by atoms with E-state index in [1.807, 2.05) is 0 Å². The van der Waals surface area contributed by atoms with E-state index in [1.54, 1.807) is 42.4 Å². The standard InChI is InChI=1S/C20H17ClN6O2S/c1-26-10-12(9-23-26)18(28)25-19-16(8-22)15-6-7-27(11-17(15)30-19)20(29)24-14-4-2-13(21)3-5-14/h2-5,9-10H,6-7,11H2,1H3,(H,24,29)(H,25,28). The van der Waals surface area contributed by atoms with Crippen LogP contribution in [-0.4, -0.2) is 33.2 Å². The first-order valence-electron chi connectivity index (χ1n) is 9.10. The Labute approximate surface area is 181 Å². The SMILES string of the molecule is Cn1cc(C(=O)Nc2sc3c(c2C#N)CCN(C(=O)Nc2ccc(Cl)cc2)C3)cn1. The number of amides is 3. The average molecular weight is 441 g/mol. The van der Waals surface area contributed by atoms with Crippen LogP contribution < -0.4 is 10.6 Å². The van der Waals surface area contributed by atoms with E-state index in [2.05, 4.69) is 21.8 Å². The van der Waals surface area contributed by atoms with Crippen LogP contribution in [0.3, 0.4) is 0 Å². The van der Waals surface area contributed by atoms with Crippen LogP contribution in [0.25, 0.3) is 0 Å². The molecule has 0 aliphatic carbocycles. The summed E-state index contributed by atoms with van der Waals surface area (Å²) in [5.74, 6) is -0.324. The van der Waals surface area contributed by atoms with Crippen molar-refractivity contribution in [3.63, 3.8) is 0 Å². The lowest BCUT2D eigenvalue weighted by Gasteiger charge is -2.27. The molecule has 0 fully saturated rings. The Morgan fingerprint density at radius 3 is 2.70 bits per heavy atom. The van der Waals surface area contributed by atoms with Crippen LogP contribution in [0.1, 0.15) is 26.4 Å². The van der Waals surface area contributed by atoms with E-state index in [0.29, 0.717) is 46.3 Å². The van der Waals surface area contributed by atoms with Crippen LogP contribution in [0.15, 0.2) is 36.7 Å². The molecule has 152 valence electrons. The molecule has 0 spiro atoms. The highest BCUT2D eigenvalue weighted by atomic mass is 35.5. The second kappa shape index (κ2) is 8.18. The Morgan fingerprint density at radius 1 is 1.27 bits per heavy atom. The van der Waals surface area contributed by atoms with Gasteiger partial charge < -0.3 is 15.5 Å². The molecule has 0 saturated heterocycles. The largest absolute Gasteiger partial charge is 0.322 e. The normalized spacial score (nSPS) is 12.8. The van der Waals surface area contributed by atoms with Gasteiger partial charge in [-0.3, -0.25) is 9.48 Å². The van der Waals surface area contributed by atoms with Gasteiger partial charge in [0.05, 0.1) is 23.9 Å². The van der Waals surface area contributed by atoms with E-state index < -0.39 is 0 Å². The Hall–Kier alpha value is -3.35. The Bertz CT molecular complexity index is 1160. The molecule has 8 nitrogen and oxygen atoms in total. The molecule has 0 saturated carbocycles. The summed E-state index contributed by atoms with van der Waals surface area (Å²) in [6.45, 7) is 0.852. The number of anilines is 2. The first-order valence-corrected chi connectivity index (χ1v) is 10.3. The van der Waals surface area contributed by atoms with Gasteiger partial charge in [0.1, 0.15) is 11.1 Å². The number of carbonyl (C=O) groups excluding carboxylic acids is 2. The van der Waals surface area contributed by atoms with Gasteiger partial charge in [0, 0.05) is 35.4 Å². The molecule has 2 N–H and O–H groups in total. The summed E-state index contributed by atoms with van der Waals surface area (Å²) in [7, 11) is 1.73. The number of rotatable bonds is 3. The fourth-order valence-electron chi connectivity index (χ4n) is 3.23. The highest BCUT2D eigenvalue weighted by Crippen LogP contribution is 2.37. The van der Waals surface area contributed by atoms with Crippen LogP contribution in [0.2, 0.25) is 5.02 Å². The number of nitrogens with zero attached hydrogens (tertiary/aromatic N) is 4. The summed E-state index contributed by atoms with van der Waals surface area (Å²) >= 11 is 7.20. The number of fused-ring (bicyclic) bond motifs is 1. The number of thiophene rings is 1. The van der Waals surface area contributed by atoms with Gasteiger partial charge in [-0.25, -0.2) is 4.79 Å². The van der Waals surface area contributed by atoms with Crippen molar-refractivity contribution in [1.29, 1.82) is 5.26 Å². The third kappa shape index (κ3) is 4.01. The molecule has 1 aromatic carbocycles. The molecule has 0 unspecified atom stereocenters. The molecule has 10 heteroatoms. The number of aromatic nitrogens is 2. The summed E-state index contributed by atoms with van der Waals surface area (Å²) in [4.78, 5) is 27.7. The van der Waals surface area contributed by atoms with E-state index in [9.17, 15) is 14.9 Å². The second-order valence-electron chi connectivity index (χ2n) is 6.79. The van der Waals surface area contributed by atoms with Crippen molar-refractivity contribution in [2.45, 2.75) is 13.0 Å². The Morgan fingerprint density at radius 2 is 2.03 bits per heavy atom. The maximum absolute atomic E-state index is 12.6. The van der Waals surface area contributed by atoms with Crippen molar-refractivity contribution in [1.82, 2.24) is 14.7 Å². The molecule has 0 atom stereocenters. The molecule has 4 rings (SSSR count). The molecular weight excluding hydrogens is 424 g/mol. The molecule has 0 radical (unpaired) electrons. The second-order valence-corrected chi connectivity index (χ2v) is 8.33. The van der Waals surface area contributed by atoms with Crippen LogP contribution in [0.5, 0.6) is 0 Å². The lowest BCUT2D eigenvalue weighted by molar-refractivity contribution is 0.102. The highest BCUT2D eigenvalue weighted by molar-refractivity contribution is 7.16. The minimum Gasteiger partial charge on any atom is -0.319 e. The van der Waals surface area contributed by atoms with E-state index in [-0.39, 0.29) is 11.9 Å². The molecule has 1 aliphatic heterocycles. The van der Waals surface area contributed by atoms with Crippen LogP contribution in [-0.2, 0) is 20.0 Å². The van der Waals surface area contributed by atoms with Gasteiger partial charge in [-0.05, 0) is 36.2 Å². The number of carbonyl (C=O) groups is 2. The summed E-state index contributed by atoms with van der Waals surface area (Å²) < 4.78 is 1.54. The van der Waals surface area contributed by atoms with E-state index in [4.69, 9.17) is 11.6 Å². The molecule has 3 aromatic rings. The van der Waals surface area contributed by atoms with E-state index in [0.717, 1.165) is 10.4 Å². The zero-order valence-corrected chi connectivity index (χ0v) is 17.5. The highest BCUT2D eigenvalue weighted by Gasteiger charge is 2.28. The van der Waals surface area contributed by atoms with Gasteiger partial charge in [-0.1, -0.05) is 11.6 Å². The molecule has 0 bridgehead atoms. The third-order valence-electron chi connectivity index (χ3n) is 4.75. The first kappa shape index (κ1) is 19.9. The zero-order valence-electron chi connectivity index (χ0n) is 16.0. The average Bonchev–Trinajstić information content (AvgIpc) is 3.32. The number of halogens is 1. The Balaban J connectivity index is 1.49. The first-order chi connectivity index (χ1) is 14.4. The van der Waals surface area contributed by atoms with Gasteiger partial charge >= 0.3 is 6.03 Å². The van der Waals surface area contributed by atoms with Gasteiger partial charge in [0.25, 0.3) is 5.91 Å². The Kier molecular flexibility index (Phi) is 5.44. The van der Waals surface area contributed by atoms with E-state index in [1.165, 1.54) is 22.2 Å². The van der Waals surface area contributed by atoms with Gasteiger partial charge in [-0.2, -0.15) is 10.4 Å². The molecule has 3 heterocycles. The smallest absolute Gasteiger partial charge is 0.319 e. The molecule has 2 aromatic heterocycles. The van der Waals surface area contributed by atoms with Gasteiger partial charge in [0.2, 0.25) is 0 Å². The molecule has 1 aliphatic rings. The number of nitriles is 1. The van der Waals surface area contributed by atoms with Gasteiger partial charge in [-0.15, -0.1) is 11.3 Å². The van der Waals surface area contributed by atoms with Crippen molar-refractivity contribution >= 4 is 45.6 Å². The minimum atomic E-state index is -0.324. The number of hydrogen-bond acceptors (Lipinski definition) is 5. The third-order valence-corrected chi connectivity index (χ3v) is 6.13. The number of nitrogens with one attached hydrogen (secondary N) is 2. The van der Waals surface area contributed by atoms with Crippen molar-refractivity contribution in [3.8, 4) is 6.07 Å². The molecule has 3 amide bonds. The van der Waals surface area contributed by atoms with Crippen molar-refractivity contribution in [2.24, 2.45) is 7.05 Å². The predicted octanol–water partition coefficient (Wildman–Crippen LogP) is 3.85. The lowest BCUT2D eigenvalue weighted by atomic mass is 10.0. The maximum Gasteiger partial charge on any atom is 0.322 e. The summed E-state index contributed by atoms with van der Waals surface area (Å²) in [6, 6.07) is 8.86. The fourth-order valence-corrected chi connectivity index (χ4v) is 4.57. The van der Waals surface area contributed by atoms with Crippen molar-refractivity contribution in [3.05, 3.63) is 63.2 Å². The lowest BCUT2D eigenvalue weighted by Crippen LogP contribution is -2.38. The summed E-state index contributed by atoms with van der Waals surface area (Å²) in [5, 5.41) is 20.4. The zero-order chi connectivity index (χ0) is 21.3. The monoisotopic (exact) mass is 440 g/mol. The fraction of sp³-hybridized carbons (Fsp3) is 0.200. The number of aryl methyl sites for hydroxylation is 1. The van der Waals surface area contributed by atoms with Crippen LogP contribution in [0.4, 0.5) is 15.5 Å². The summed E-state index contributed by atoms with van der Waals surface area (Å²) in [6.07, 6.45) is 3.63. The number of benzene rings is 1. The van der Waals surface area contributed by atoms with E-state index >= 15 is 0 Å². The predicted molar refractivity (Wildman–Crippen MR) is 115 cm³/mol. The number of urea groups is 1. The topological polar surface area (TPSA) is 103 Å². The summed E-state index contributed by atoms with van der Waals surface area (Å²) in [5.41, 5.74) is 2.42. The van der Waals surface area contributed by atoms with Crippen molar-refractivity contribution < 1.29 is 9.59 Å². The van der Waals surface area contributed by atoms with Crippen LogP contribution in [0, 0.1) is 11.3 Å². The number of hydrogen-bond donors (Lipinski definition) is 2. The molecule has 30 heavy (non-hydrogen) atoms. The van der Waals surface area contributed by atoms with Gasteiger partial charge in [0.15, 0.2) is 0 Å².